The SMILES string of the molecule is COc1ccc(-n2ncc3c(N4C[C@@H]5C[C@H]4C(=O)N(C)C[C@H](OC)Cn4c(C)nc6cc(F)cc(c64)-c4cccc(n4)N5)nc(N4C5CC4CN(c4nccs4)C5)nc32)c(F)c1. The van der Waals surface area contributed by atoms with E-state index in [9.17, 15) is 4.79 Å². The summed E-state index contributed by atoms with van der Waals surface area (Å²) in [7, 11) is 4.91. The highest BCUT2D eigenvalue weighted by molar-refractivity contribution is 7.13. The van der Waals surface area contributed by atoms with Gasteiger partial charge in [-0.15, -0.1) is 11.3 Å². The molecule has 7 aromatic rings. The average Bonchev–Trinajstić information content (AvgIpc) is 4.09. The van der Waals surface area contributed by atoms with E-state index in [-0.39, 0.29) is 36.3 Å². The Morgan fingerprint density at radius 1 is 0.935 bits per heavy atom. The lowest BCUT2D eigenvalue weighted by molar-refractivity contribution is -0.132. The molecule has 19 heteroatoms. The molecule has 0 radical (unpaired) electrons. The summed E-state index contributed by atoms with van der Waals surface area (Å²) in [5.74, 6) is 1.60. The normalized spacial score (nSPS) is 22.5. The van der Waals surface area contributed by atoms with Gasteiger partial charge in [-0.2, -0.15) is 15.1 Å². The van der Waals surface area contributed by atoms with Crippen LogP contribution in [0.25, 0.3) is 39.0 Å². The number of fused-ring (bicyclic) bond motifs is 8. The van der Waals surface area contributed by atoms with Crippen molar-refractivity contribution in [3.63, 3.8) is 0 Å². The van der Waals surface area contributed by atoms with Crippen LogP contribution in [0, 0.1) is 18.6 Å². The number of thiazole rings is 1. The van der Waals surface area contributed by atoms with Crippen LogP contribution in [0.3, 0.4) is 0 Å². The number of amides is 1. The third-order valence-electron chi connectivity index (χ3n) is 12.7. The number of hydrogen-bond donors (Lipinski definition) is 1. The van der Waals surface area contributed by atoms with Crippen molar-refractivity contribution in [1.29, 1.82) is 0 Å². The van der Waals surface area contributed by atoms with Gasteiger partial charge in [0.15, 0.2) is 16.6 Å². The minimum absolute atomic E-state index is 0.121. The van der Waals surface area contributed by atoms with Gasteiger partial charge in [-0.05, 0) is 50.1 Å². The van der Waals surface area contributed by atoms with Crippen LogP contribution >= 0.6 is 11.3 Å². The second kappa shape index (κ2) is 14.9. The summed E-state index contributed by atoms with van der Waals surface area (Å²) in [5.41, 5.74) is 3.06. The van der Waals surface area contributed by atoms with Crippen molar-refractivity contribution in [2.24, 2.45) is 0 Å². The lowest BCUT2D eigenvalue weighted by Crippen LogP contribution is -2.69. The van der Waals surface area contributed by atoms with Crippen molar-refractivity contribution in [1.82, 2.24) is 44.2 Å². The van der Waals surface area contributed by atoms with Crippen LogP contribution in [0.1, 0.15) is 18.7 Å². The molecular formula is C43H43F2N13O3S. The lowest BCUT2D eigenvalue weighted by Gasteiger charge is -2.56. The van der Waals surface area contributed by atoms with E-state index in [0.29, 0.717) is 76.5 Å². The van der Waals surface area contributed by atoms with E-state index in [2.05, 4.69) is 20.1 Å². The highest BCUT2D eigenvalue weighted by Crippen LogP contribution is 2.41. The molecule has 16 nitrogen and oxygen atoms in total. The Bertz CT molecular complexity index is 2860. The van der Waals surface area contributed by atoms with E-state index in [1.54, 1.807) is 48.7 Å². The van der Waals surface area contributed by atoms with Crippen molar-refractivity contribution < 1.29 is 23.0 Å². The topological polar surface area (TPSA) is 148 Å². The monoisotopic (exact) mass is 859 g/mol. The van der Waals surface area contributed by atoms with Gasteiger partial charge in [0.2, 0.25) is 11.9 Å². The van der Waals surface area contributed by atoms with Crippen molar-refractivity contribution >= 4 is 62.0 Å². The molecule has 4 saturated heterocycles. The summed E-state index contributed by atoms with van der Waals surface area (Å²) in [6.07, 6.45) is 4.42. The number of carbonyl (C=O) groups excluding carboxylic acids is 1. The van der Waals surface area contributed by atoms with Gasteiger partial charge in [0.25, 0.3) is 0 Å². The molecule has 5 atom stereocenters. The number of anilines is 4. The van der Waals surface area contributed by atoms with Crippen LogP contribution < -0.4 is 24.8 Å². The molecule has 318 valence electrons. The summed E-state index contributed by atoms with van der Waals surface area (Å²) < 4.78 is 45.9. The first-order chi connectivity index (χ1) is 30.1. The molecule has 4 fully saturated rings. The van der Waals surface area contributed by atoms with Gasteiger partial charge in [0.05, 0.1) is 60.2 Å². The van der Waals surface area contributed by atoms with Crippen LogP contribution in [-0.4, -0.2) is 128 Å². The standard InChI is InChI=1S/C43H43F2N13O3S/c1-23-48-34-13-24(44)12-30-33-6-5-7-37(50-33)49-25-14-36(41(59)53(2)21-29(61-4)22-55(23)38(30)34)56(18-25)39-31-17-47-58(35-9-8-28(60-3)16-32(35)45)40(31)52-42(51-39)57-26-15-27(57)20-54(19-26)43-46-10-11-62-43/h5-13,16-17,25-27,29,36H,14-15,18-22H2,1-4H3,(H,49,50)/t25-,26?,27?,29-,36-/m0/s1. The summed E-state index contributed by atoms with van der Waals surface area (Å²) in [4.78, 5) is 48.0. The average molecular weight is 860 g/mol. The molecule has 1 amide bonds. The second-order valence-electron chi connectivity index (χ2n) is 16.4. The van der Waals surface area contributed by atoms with Gasteiger partial charge in [-0.3, -0.25) is 4.79 Å². The van der Waals surface area contributed by atoms with E-state index in [1.807, 2.05) is 46.2 Å². The number of piperidine rings is 1. The molecular weight excluding hydrogens is 817 g/mol. The molecule has 5 aliphatic heterocycles. The summed E-state index contributed by atoms with van der Waals surface area (Å²) in [5, 5.41) is 11.8. The maximum atomic E-state index is 15.8. The number of aryl methyl sites for hydroxylation is 1. The van der Waals surface area contributed by atoms with E-state index in [1.165, 1.54) is 30.0 Å². The Morgan fingerprint density at radius 2 is 1.79 bits per heavy atom. The minimum Gasteiger partial charge on any atom is -0.497 e. The summed E-state index contributed by atoms with van der Waals surface area (Å²) in [6, 6.07) is 12.5. The highest BCUT2D eigenvalue weighted by atomic mass is 32.1. The predicted octanol–water partition coefficient (Wildman–Crippen LogP) is 5.29. The minimum atomic E-state index is -0.667. The zero-order valence-electron chi connectivity index (χ0n) is 34.4. The first-order valence-electron chi connectivity index (χ1n) is 20.6. The molecule has 0 spiro atoms. The number of nitrogens with zero attached hydrogens (tertiary/aromatic N) is 12. The summed E-state index contributed by atoms with van der Waals surface area (Å²) >= 11 is 1.62. The number of benzene rings is 2. The molecule has 10 heterocycles. The van der Waals surface area contributed by atoms with Gasteiger partial charge in [-0.1, -0.05) is 6.07 Å². The number of nitrogens with one attached hydrogen (secondary N) is 1. The van der Waals surface area contributed by atoms with E-state index < -0.39 is 23.8 Å². The van der Waals surface area contributed by atoms with Gasteiger partial charge in [-0.25, -0.2) is 28.4 Å². The number of hydrogen-bond acceptors (Lipinski definition) is 14. The first kappa shape index (κ1) is 38.5. The van der Waals surface area contributed by atoms with Gasteiger partial charge < -0.3 is 39.0 Å². The Hall–Kier alpha value is -6.47. The largest absolute Gasteiger partial charge is 0.497 e. The van der Waals surface area contributed by atoms with Gasteiger partial charge in [0, 0.05) is 75.7 Å². The molecule has 12 rings (SSSR count). The zero-order valence-corrected chi connectivity index (χ0v) is 35.3. The van der Waals surface area contributed by atoms with E-state index in [0.717, 1.165) is 30.2 Å². The molecule has 5 aliphatic rings. The third kappa shape index (κ3) is 6.35. The predicted molar refractivity (Wildman–Crippen MR) is 231 cm³/mol. The number of aromatic nitrogens is 8. The fourth-order valence-corrected chi connectivity index (χ4v) is 10.4. The van der Waals surface area contributed by atoms with Crippen LogP contribution in [0.15, 0.2) is 66.3 Å². The number of rotatable bonds is 6. The lowest BCUT2D eigenvalue weighted by atomic mass is 9.88. The number of carbonyl (C=O) groups is 1. The van der Waals surface area contributed by atoms with Crippen LogP contribution in [0.5, 0.6) is 5.75 Å². The number of imidazole rings is 1. The fraction of sp³-hybridized carbons (Fsp3) is 0.372. The summed E-state index contributed by atoms with van der Waals surface area (Å²) in [6.45, 7) is 4.39. The van der Waals surface area contributed by atoms with Crippen LogP contribution in [0.4, 0.5) is 31.5 Å². The van der Waals surface area contributed by atoms with Crippen molar-refractivity contribution in [3.05, 3.63) is 83.8 Å². The van der Waals surface area contributed by atoms with Gasteiger partial charge in [0.1, 0.15) is 40.8 Å². The smallest absolute Gasteiger partial charge is 0.245 e. The quantitative estimate of drug-likeness (QED) is 0.231. The molecule has 1 N–H and O–H groups in total. The van der Waals surface area contributed by atoms with Crippen LogP contribution in [-0.2, 0) is 16.1 Å². The first-order valence-corrected chi connectivity index (χ1v) is 21.5. The number of likely N-dealkylation sites (N-methyl/N-ethyl adjacent to an activating group) is 1. The Morgan fingerprint density at radius 3 is 2.56 bits per heavy atom. The number of methoxy groups -OCH3 is 2. The molecule has 0 saturated carbocycles. The Labute approximate surface area is 358 Å². The fourth-order valence-electron chi connectivity index (χ4n) is 9.76. The maximum absolute atomic E-state index is 15.8. The van der Waals surface area contributed by atoms with Crippen molar-refractivity contribution in [2.75, 3.05) is 67.5 Å². The number of piperazine rings is 1. The van der Waals surface area contributed by atoms with E-state index in [4.69, 9.17) is 34.5 Å². The van der Waals surface area contributed by atoms with Crippen molar-refractivity contribution in [3.8, 4) is 22.7 Å². The second-order valence-corrected chi connectivity index (χ2v) is 17.3. The van der Waals surface area contributed by atoms with Gasteiger partial charge >= 0.3 is 0 Å². The molecule has 6 bridgehead atoms. The molecule has 5 aromatic heterocycles. The van der Waals surface area contributed by atoms with Crippen molar-refractivity contribution in [2.45, 2.75) is 56.6 Å². The number of ether oxygens (including phenoxy) is 2. The Kier molecular flexibility index (Phi) is 9.22. The number of pyridine rings is 1. The molecule has 0 aliphatic carbocycles. The van der Waals surface area contributed by atoms with E-state index >= 15 is 8.78 Å². The molecule has 2 aromatic carbocycles. The highest BCUT2D eigenvalue weighted by Gasteiger charge is 2.48. The molecule has 2 unspecified atom stereocenters. The molecule has 62 heavy (non-hydrogen) atoms. The van der Waals surface area contributed by atoms with Crippen LogP contribution in [0.2, 0.25) is 0 Å². The Balaban J connectivity index is 1.02. The number of halogens is 2. The third-order valence-corrected chi connectivity index (χ3v) is 13.5. The maximum Gasteiger partial charge on any atom is 0.245 e. The zero-order chi connectivity index (χ0) is 42.4.